The zero-order valence-corrected chi connectivity index (χ0v) is 3.15. The van der Waals surface area contributed by atoms with Gasteiger partial charge in [-0.05, 0) is 6.08 Å². The van der Waals surface area contributed by atoms with Gasteiger partial charge in [-0.1, -0.05) is 12.7 Å². The van der Waals surface area contributed by atoms with Crippen LogP contribution in [0.5, 0.6) is 0 Å². The summed E-state index contributed by atoms with van der Waals surface area (Å²) in [6, 6.07) is 0. The van der Waals surface area contributed by atoms with Gasteiger partial charge < -0.3 is 5.73 Å². The molecule has 3 N–H and O–H groups in total. The maximum absolute atomic E-state index is 3.42. The van der Waals surface area contributed by atoms with Crippen molar-refractivity contribution in [3.63, 3.8) is 0 Å². The third-order valence-electron chi connectivity index (χ3n) is 0.272. The Morgan fingerprint density at radius 2 is 2.20 bits per heavy atom. The van der Waals surface area contributed by atoms with Crippen molar-refractivity contribution in [1.29, 1.82) is 0 Å². The second-order valence-electron chi connectivity index (χ2n) is 0.664. The van der Waals surface area contributed by atoms with Crippen LogP contribution in [0.25, 0.3) is 0 Å². The van der Waals surface area contributed by atoms with E-state index in [1.54, 1.807) is 18.4 Å². The lowest BCUT2D eigenvalue weighted by Crippen LogP contribution is -2.38. The molecule has 0 aromatic heterocycles. The van der Waals surface area contributed by atoms with E-state index in [-0.39, 0.29) is 0 Å². The summed E-state index contributed by atoms with van der Waals surface area (Å²) in [6.07, 6.45) is 5.15. The van der Waals surface area contributed by atoms with Gasteiger partial charge in [0.25, 0.3) is 0 Å². The third kappa shape index (κ3) is 3.44. The minimum absolute atomic E-state index is 1.69. The number of quaternary nitrogens is 1. The normalized spacial score (nSPS) is 9.00. The van der Waals surface area contributed by atoms with Crippen LogP contribution in [0.1, 0.15) is 0 Å². The van der Waals surface area contributed by atoms with Crippen molar-refractivity contribution in [3.8, 4) is 0 Å². The Balaban J connectivity index is 2.92. The largest absolute Gasteiger partial charge is 0.331 e. The Hall–Kier alpha value is -0.560. The summed E-state index contributed by atoms with van der Waals surface area (Å²) in [5.41, 5.74) is 3.42. The molecule has 5 heavy (non-hydrogen) atoms. The number of hydrogen-bond acceptors (Lipinski definition) is 0. The predicted molar refractivity (Wildman–Crippen MR) is 22.2 cm³/mol. The molecule has 0 aliphatic carbocycles. The lowest BCUT2D eigenvalue weighted by Gasteiger charge is -1.53. The molecular weight excluding hydrogens is 62.1 g/mol. The van der Waals surface area contributed by atoms with Crippen LogP contribution in [0.4, 0.5) is 0 Å². The topological polar surface area (TPSA) is 27.6 Å². The highest BCUT2D eigenvalue weighted by Crippen LogP contribution is 1.56. The molecular formula is C4H8N+. The highest BCUT2D eigenvalue weighted by Gasteiger charge is 1.45. The number of allylic oxidation sites excluding steroid dienone is 2. The zero-order chi connectivity index (χ0) is 4.12. The summed E-state index contributed by atoms with van der Waals surface area (Å²) in [6.45, 7) is 3.42. The molecule has 0 aromatic carbocycles. The van der Waals surface area contributed by atoms with E-state index >= 15 is 0 Å². The average Bonchev–Trinajstić information content (AvgIpc) is 1.41. The lowest BCUT2D eigenvalue weighted by molar-refractivity contribution is -0.274. The molecule has 0 bridgehead atoms. The summed E-state index contributed by atoms with van der Waals surface area (Å²) in [5, 5.41) is 0. The third-order valence-corrected chi connectivity index (χ3v) is 0.272. The van der Waals surface area contributed by atoms with Crippen molar-refractivity contribution in [1.82, 2.24) is 0 Å². The first-order chi connectivity index (χ1) is 2.41. The molecule has 1 nitrogen and oxygen atoms in total. The molecule has 0 saturated carbocycles. The summed E-state index contributed by atoms with van der Waals surface area (Å²) in [7, 11) is 0. The second kappa shape index (κ2) is 3.44. The molecule has 1 heteroatoms. The van der Waals surface area contributed by atoms with Crippen LogP contribution in [0.3, 0.4) is 0 Å². The molecule has 0 unspecified atom stereocenters. The minimum Gasteiger partial charge on any atom is -0.331 e. The summed E-state index contributed by atoms with van der Waals surface area (Å²) >= 11 is 0. The van der Waals surface area contributed by atoms with E-state index in [0.717, 1.165) is 0 Å². The Bertz CT molecular complexity index is 45.6. The van der Waals surface area contributed by atoms with Gasteiger partial charge in [-0.25, -0.2) is 0 Å². The van der Waals surface area contributed by atoms with Crippen molar-refractivity contribution in [2.45, 2.75) is 0 Å². The van der Waals surface area contributed by atoms with E-state index < -0.39 is 0 Å². The van der Waals surface area contributed by atoms with Crippen LogP contribution in [0.2, 0.25) is 0 Å². The van der Waals surface area contributed by atoms with Gasteiger partial charge >= 0.3 is 0 Å². The minimum atomic E-state index is 1.69. The molecule has 0 aromatic rings. The first-order valence-electron chi connectivity index (χ1n) is 1.48. The molecule has 28 valence electrons. The zero-order valence-electron chi connectivity index (χ0n) is 3.15. The summed E-state index contributed by atoms with van der Waals surface area (Å²) < 4.78 is 0. The van der Waals surface area contributed by atoms with Gasteiger partial charge in [0.2, 0.25) is 0 Å². The first-order valence-corrected chi connectivity index (χ1v) is 1.48. The van der Waals surface area contributed by atoms with Crippen LogP contribution in [0, 0.1) is 0 Å². The molecule has 0 saturated heterocycles. The van der Waals surface area contributed by atoms with E-state index in [2.05, 4.69) is 12.3 Å². The van der Waals surface area contributed by atoms with Crippen LogP contribution in [-0.4, -0.2) is 0 Å². The smallest absolute Gasteiger partial charge is 0.0909 e. The standard InChI is InChI=1S/C4H7N/c1-2-3-4-5/h2-4H,1,5H2/p+1/b4-3-. The van der Waals surface area contributed by atoms with Crippen molar-refractivity contribution in [2.75, 3.05) is 0 Å². The Morgan fingerprint density at radius 3 is 2.20 bits per heavy atom. The Morgan fingerprint density at radius 1 is 1.60 bits per heavy atom. The van der Waals surface area contributed by atoms with Gasteiger partial charge in [-0.15, -0.1) is 0 Å². The van der Waals surface area contributed by atoms with Gasteiger partial charge in [-0.2, -0.15) is 0 Å². The molecule has 0 atom stereocenters. The van der Waals surface area contributed by atoms with E-state index in [9.17, 15) is 0 Å². The lowest BCUT2D eigenvalue weighted by atomic mass is 10.6. The van der Waals surface area contributed by atoms with Gasteiger partial charge in [0.1, 0.15) is 0 Å². The van der Waals surface area contributed by atoms with Gasteiger partial charge in [0.05, 0.1) is 6.20 Å². The van der Waals surface area contributed by atoms with Gasteiger partial charge in [0.15, 0.2) is 0 Å². The first kappa shape index (κ1) is 4.44. The van der Waals surface area contributed by atoms with Gasteiger partial charge in [0, 0.05) is 0 Å². The highest BCUT2D eigenvalue weighted by molar-refractivity contribution is 4.91. The van der Waals surface area contributed by atoms with Crippen molar-refractivity contribution >= 4 is 0 Å². The second-order valence-corrected chi connectivity index (χ2v) is 0.664. The highest BCUT2D eigenvalue weighted by atomic mass is 14.5. The Labute approximate surface area is 31.8 Å². The maximum atomic E-state index is 3.42. The van der Waals surface area contributed by atoms with Crippen molar-refractivity contribution in [2.24, 2.45) is 0 Å². The van der Waals surface area contributed by atoms with Gasteiger partial charge in [-0.3, -0.25) is 0 Å². The molecule has 0 rings (SSSR count). The molecule has 0 heterocycles. The number of hydrogen-bond donors (Lipinski definition) is 1. The fourth-order valence-electron chi connectivity index (χ4n) is 0.0962. The van der Waals surface area contributed by atoms with Crippen LogP contribution in [-0.2, 0) is 0 Å². The molecule has 0 amide bonds. The van der Waals surface area contributed by atoms with E-state index in [1.807, 2.05) is 0 Å². The molecule has 0 aliphatic heterocycles. The molecule has 0 spiro atoms. The van der Waals surface area contributed by atoms with E-state index in [1.165, 1.54) is 0 Å². The fourth-order valence-corrected chi connectivity index (χ4v) is 0.0962. The van der Waals surface area contributed by atoms with Crippen LogP contribution < -0.4 is 5.73 Å². The molecule has 0 fully saturated rings. The monoisotopic (exact) mass is 70.1 g/mol. The maximum Gasteiger partial charge on any atom is 0.0909 e. The van der Waals surface area contributed by atoms with Crippen molar-refractivity contribution < 1.29 is 5.73 Å². The summed E-state index contributed by atoms with van der Waals surface area (Å²) in [4.78, 5) is 0. The van der Waals surface area contributed by atoms with Crippen molar-refractivity contribution in [3.05, 3.63) is 24.9 Å². The average molecular weight is 70.1 g/mol. The quantitative estimate of drug-likeness (QED) is 0.418. The SMILES string of the molecule is C=C/C=C\[NH3+]. The molecule has 0 aliphatic rings. The van der Waals surface area contributed by atoms with E-state index in [0.29, 0.717) is 0 Å². The van der Waals surface area contributed by atoms with E-state index in [4.69, 9.17) is 0 Å². The van der Waals surface area contributed by atoms with Crippen LogP contribution in [0.15, 0.2) is 24.9 Å². The van der Waals surface area contributed by atoms with Crippen LogP contribution >= 0.6 is 0 Å². The number of rotatable bonds is 1. The molecule has 0 radical (unpaired) electrons. The predicted octanol–water partition coefficient (Wildman–Crippen LogP) is -0.0720. The fraction of sp³-hybridized carbons (Fsp3) is 0. The summed E-state index contributed by atoms with van der Waals surface area (Å²) in [5.74, 6) is 0. The Kier molecular flexibility index (Phi) is 3.05.